The Morgan fingerprint density at radius 2 is 1.59 bits per heavy atom. The zero-order valence-electron chi connectivity index (χ0n) is 14.5. The van der Waals surface area contributed by atoms with Crippen LogP contribution in [0.3, 0.4) is 0 Å². The molecule has 150 valence electrons. The molecule has 27 heavy (non-hydrogen) atoms. The SMILES string of the molecule is CC.CNc1nc(Nc2cccc(C(F)(F)F)c2)nc(OCC(F)(F)F)n1. The van der Waals surface area contributed by atoms with Gasteiger partial charge in [0.1, 0.15) is 0 Å². The fourth-order valence-corrected chi connectivity index (χ4v) is 1.64. The van der Waals surface area contributed by atoms with Crippen LogP contribution in [0.1, 0.15) is 19.4 Å². The highest BCUT2D eigenvalue weighted by atomic mass is 19.4. The number of ether oxygens (including phenoxy) is 1. The van der Waals surface area contributed by atoms with E-state index in [2.05, 4.69) is 30.3 Å². The molecule has 12 heteroatoms. The van der Waals surface area contributed by atoms with E-state index in [-0.39, 0.29) is 17.6 Å². The van der Waals surface area contributed by atoms with Crippen LogP contribution >= 0.6 is 0 Å². The molecule has 0 fully saturated rings. The van der Waals surface area contributed by atoms with Crippen molar-refractivity contribution in [3.05, 3.63) is 29.8 Å². The van der Waals surface area contributed by atoms with Gasteiger partial charge in [-0.15, -0.1) is 0 Å². The smallest absolute Gasteiger partial charge is 0.422 e. The van der Waals surface area contributed by atoms with Crippen molar-refractivity contribution in [2.24, 2.45) is 0 Å². The number of anilines is 3. The van der Waals surface area contributed by atoms with Gasteiger partial charge in [-0.2, -0.15) is 41.3 Å². The molecule has 0 aliphatic rings. The van der Waals surface area contributed by atoms with Crippen molar-refractivity contribution in [1.82, 2.24) is 15.0 Å². The molecule has 2 aromatic rings. The van der Waals surface area contributed by atoms with E-state index in [4.69, 9.17) is 0 Å². The van der Waals surface area contributed by atoms with Crippen molar-refractivity contribution in [3.63, 3.8) is 0 Å². The van der Waals surface area contributed by atoms with Crippen molar-refractivity contribution in [2.45, 2.75) is 26.2 Å². The molecule has 0 saturated carbocycles. The van der Waals surface area contributed by atoms with E-state index < -0.39 is 30.5 Å². The molecule has 2 rings (SSSR count). The molecule has 6 nitrogen and oxygen atoms in total. The molecule has 1 heterocycles. The lowest BCUT2D eigenvalue weighted by molar-refractivity contribution is -0.154. The number of hydrogen-bond acceptors (Lipinski definition) is 6. The maximum atomic E-state index is 12.7. The number of aromatic nitrogens is 3. The summed E-state index contributed by atoms with van der Waals surface area (Å²) in [7, 11) is 1.40. The highest BCUT2D eigenvalue weighted by Crippen LogP contribution is 2.31. The van der Waals surface area contributed by atoms with Crippen LogP contribution in [0.25, 0.3) is 0 Å². The van der Waals surface area contributed by atoms with Gasteiger partial charge in [0.2, 0.25) is 11.9 Å². The second-order valence-corrected chi connectivity index (χ2v) is 4.62. The quantitative estimate of drug-likeness (QED) is 0.716. The van der Waals surface area contributed by atoms with Gasteiger partial charge in [-0.1, -0.05) is 19.9 Å². The number of halogens is 6. The first-order valence-corrected chi connectivity index (χ1v) is 7.64. The van der Waals surface area contributed by atoms with Gasteiger partial charge in [-0.25, -0.2) is 0 Å². The predicted octanol–water partition coefficient (Wildman–Crippen LogP) is 4.64. The van der Waals surface area contributed by atoms with Crippen LogP contribution in [0.5, 0.6) is 6.01 Å². The number of nitrogens with one attached hydrogen (secondary N) is 2. The molecule has 0 unspecified atom stereocenters. The zero-order valence-corrected chi connectivity index (χ0v) is 14.5. The molecular formula is C15H17F6N5O. The first-order chi connectivity index (χ1) is 12.6. The largest absolute Gasteiger partial charge is 0.454 e. The Labute approximate surface area is 151 Å². The molecule has 1 aromatic heterocycles. The van der Waals surface area contributed by atoms with Crippen LogP contribution in [0.2, 0.25) is 0 Å². The Hall–Kier alpha value is -2.79. The lowest BCUT2D eigenvalue weighted by Gasteiger charge is -2.12. The summed E-state index contributed by atoms with van der Waals surface area (Å²) in [5.74, 6) is -0.405. The standard InChI is InChI=1S/C13H11F6N5O.C2H6/c1-20-9-22-10(24-11(23-9)25-6-12(14,15)16)21-8-4-2-3-7(5-8)13(17,18)19;1-2/h2-5H,6H2,1H3,(H2,20,21,22,23,24);1-2H3. The average molecular weight is 397 g/mol. The fourth-order valence-electron chi connectivity index (χ4n) is 1.64. The van der Waals surface area contributed by atoms with Gasteiger partial charge < -0.3 is 15.4 Å². The number of hydrogen-bond donors (Lipinski definition) is 2. The van der Waals surface area contributed by atoms with Crippen LogP contribution < -0.4 is 15.4 Å². The third-order valence-corrected chi connectivity index (χ3v) is 2.65. The molecule has 1 aromatic carbocycles. The summed E-state index contributed by atoms with van der Waals surface area (Å²) in [6.45, 7) is 2.38. The van der Waals surface area contributed by atoms with Crippen LogP contribution in [0.4, 0.5) is 43.9 Å². The Balaban J connectivity index is 0.00000176. The Kier molecular flexibility index (Phi) is 7.61. The van der Waals surface area contributed by atoms with Crippen LogP contribution in [-0.2, 0) is 6.18 Å². The highest BCUT2D eigenvalue weighted by Gasteiger charge is 2.31. The normalized spacial score (nSPS) is 11.3. The van der Waals surface area contributed by atoms with E-state index in [1.54, 1.807) is 0 Å². The predicted molar refractivity (Wildman–Crippen MR) is 87.0 cm³/mol. The van der Waals surface area contributed by atoms with Gasteiger partial charge in [0, 0.05) is 12.7 Å². The van der Waals surface area contributed by atoms with Gasteiger partial charge >= 0.3 is 18.4 Å². The molecule has 0 amide bonds. The molecule has 0 aliphatic heterocycles. The molecule has 0 radical (unpaired) electrons. The Bertz CT molecular complexity index is 735. The molecule has 2 N–H and O–H groups in total. The molecule has 0 atom stereocenters. The summed E-state index contributed by atoms with van der Waals surface area (Å²) in [5, 5.41) is 4.95. The van der Waals surface area contributed by atoms with E-state index in [0.717, 1.165) is 18.2 Å². The first-order valence-electron chi connectivity index (χ1n) is 7.64. The lowest BCUT2D eigenvalue weighted by Crippen LogP contribution is -2.20. The zero-order chi connectivity index (χ0) is 20.7. The summed E-state index contributed by atoms with van der Waals surface area (Å²) in [4.78, 5) is 11.0. The van der Waals surface area contributed by atoms with Gasteiger partial charge in [0.15, 0.2) is 6.61 Å². The number of rotatable bonds is 5. The second kappa shape index (κ2) is 9.24. The van der Waals surface area contributed by atoms with Crippen molar-refractivity contribution in [3.8, 4) is 6.01 Å². The number of benzene rings is 1. The highest BCUT2D eigenvalue weighted by molar-refractivity contribution is 5.55. The minimum absolute atomic E-state index is 0.00940. The third kappa shape index (κ3) is 7.54. The van der Waals surface area contributed by atoms with Gasteiger partial charge in [0.25, 0.3) is 0 Å². The Morgan fingerprint density at radius 1 is 0.963 bits per heavy atom. The van der Waals surface area contributed by atoms with E-state index in [9.17, 15) is 26.3 Å². The molecule has 0 aliphatic carbocycles. The summed E-state index contributed by atoms with van der Waals surface area (Å²) in [5.41, 5.74) is -0.918. The fraction of sp³-hybridized carbons (Fsp3) is 0.400. The number of nitrogens with zero attached hydrogens (tertiary/aromatic N) is 3. The summed E-state index contributed by atoms with van der Waals surface area (Å²) >= 11 is 0. The maximum Gasteiger partial charge on any atom is 0.422 e. The van der Waals surface area contributed by atoms with Gasteiger partial charge in [-0.05, 0) is 18.2 Å². The molecular weight excluding hydrogens is 380 g/mol. The monoisotopic (exact) mass is 397 g/mol. The van der Waals surface area contributed by atoms with Gasteiger partial charge in [-0.3, -0.25) is 0 Å². The molecule has 0 bridgehead atoms. The maximum absolute atomic E-state index is 12.7. The van der Waals surface area contributed by atoms with Gasteiger partial charge in [0.05, 0.1) is 5.56 Å². The van der Waals surface area contributed by atoms with Crippen molar-refractivity contribution >= 4 is 17.6 Å². The van der Waals surface area contributed by atoms with Crippen molar-refractivity contribution in [2.75, 3.05) is 24.3 Å². The first kappa shape index (κ1) is 22.3. The van der Waals surface area contributed by atoms with Crippen LogP contribution in [0, 0.1) is 0 Å². The van der Waals surface area contributed by atoms with Crippen molar-refractivity contribution in [1.29, 1.82) is 0 Å². The second-order valence-electron chi connectivity index (χ2n) is 4.62. The summed E-state index contributed by atoms with van der Waals surface area (Å²) in [6.07, 6.45) is -9.14. The summed E-state index contributed by atoms with van der Waals surface area (Å²) < 4.78 is 79.1. The van der Waals surface area contributed by atoms with Crippen LogP contribution in [-0.4, -0.2) is 34.8 Å². The van der Waals surface area contributed by atoms with E-state index in [1.165, 1.54) is 13.1 Å². The van der Waals surface area contributed by atoms with E-state index in [1.807, 2.05) is 13.8 Å². The molecule has 0 saturated heterocycles. The third-order valence-electron chi connectivity index (χ3n) is 2.65. The van der Waals surface area contributed by atoms with E-state index >= 15 is 0 Å². The minimum Gasteiger partial charge on any atom is -0.454 e. The average Bonchev–Trinajstić information content (AvgIpc) is 2.60. The van der Waals surface area contributed by atoms with Crippen molar-refractivity contribution < 1.29 is 31.1 Å². The topological polar surface area (TPSA) is 72.0 Å². The number of alkyl halides is 6. The molecule has 0 spiro atoms. The minimum atomic E-state index is -4.60. The lowest BCUT2D eigenvalue weighted by atomic mass is 10.2. The summed E-state index contributed by atoms with van der Waals surface area (Å²) in [6, 6.07) is 3.51. The van der Waals surface area contributed by atoms with Crippen LogP contribution in [0.15, 0.2) is 24.3 Å². The van der Waals surface area contributed by atoms with E-state index in [0.29, 0.717) is 0 Å². The Morgan fingerprint density at radius 3 is 2.15 bits per heavy atom.